The molecule has 0 spiro atoms. The van der Waals surface area contributed by atoms with Gasteiger partial charge in [0.25, 0.3) is 5.91 Å². The fraction of sp³-hybridized carbons (Fsp3) is 0.588. The van der Waals surface area contributed by atoms with Gasteiger partial charge in [0.05, 0.1) is 0 Å². The van der Waals surface area contributed by atoms with Crippen LogP contribution in [0.1, 0.15) is 64.8 Å². The highest BCUT2D eigenvalue weighted by atomic mass is 79.9. The third-order valence-electron chi connectivity index (χ3n) is 4.66. The number of aryl methyl sites for hydroxylation is 1. The lowest BCUT2D eigenvalue weighted by atomic mass is 9.94. The summed E-state index contributed by atoms with van der Waals surface area (Å²) in [5.74, 6) is 0.951. The van der Waals surface area contributed by atoms with Gasteiger partial charge in [-0.15, -0.1) is 0 Å². The van der Waals surface area contributed by atoms with Gasteiger partial charge in [-0.05, 0) is 42.4 Å². The first-order chi connectivity index (χ1) is 9.74. The standard InChI is InChI=1S/C17H22BrNO/c18-16(10-12-4-1-2-5-12)14-8-7-13-6-3-9-19-17(20)15(13)11-14/h7-8,11-12,16H,1-6,9-10H2,(H,19,20). The van der Waals surface area contributed by atoms with Crippen LogP contribution in [0.5, 0.6) is 0 Å². The van der Waals surface area contributed by atoms with Crippen LogP contribution in [0, 0.1) is 5.92 Å². The average molecular weight is 336 g/mol. The molecule has 1 saturated carbocycles. The van der Waals surface area contributed by atoms with Crippen molar-refractivity contribution in [2.24, 2.45) is 5.92 Å². The van der Waals surface area contributed by atoms with Gasteiger partial charge >= 0.3 is 0 Å². The minimum absolute atomic E-state index is 0.0971. The lowest BCUT2D eigenvalue weighted by Crippen LogP contribution is -2.22. The van der Waals surface area contributed by atoms with Crippen molar-refractivity contribution in [1.82, 2.24) is 5.32 Å². The van der Waals surface area contributed by atoms with Crippen molar-refractivity contribution in [3.63, 3.8) is 0 Å². The largest absolute Gasteiger partial charge is 0.352 e. The lowest BCUT2D eigenvalue weighted by molar-refractivity contribution is 0.0956. The van der Waals surface area contributed by atoms with Gasteiger partial charge in [0.2, 0.25) is 0 Å². The summed E-state index contributed by atoms with van der Waals surface area (Å²) in [5.41, 5.74) is 3.34. The predicted molar refractivity (Wildman–Crippen MR) is 85.3 cm³/mol. The maximum atomic E-state index is 12.1. The molecule has 1 aromatic carbocycles. The first kappa shape index (κ1) is 14.1. The van der Waals surface area contributed by atoms with Gasteiger partial charge < -0.3 is 5.32 Å². The van der Waals surface area contributed by atoms with Crippen molar-refractivity contribution in [1.29, 1.82) is 0 Å². The fourth-order valence-electron chi connectivity index (χ4n) is 3.47. The number of carbonyl (C=O) groups is 1. The zero-order chi connectivity index (χ0) is 13.9. The van der Waals surface area contributed by atoms with Crippen molar-refractivity contribution in [3.8, 4) is 0 Å². The van der Waals surface area contributed by atoms with Crippen molar-refractivity contribution >= 4 is 21.8 Å². The summed E-state index contributed by atoms with van der Waals surface area (Å²) < 4.78 is 0. The Balaban J connectivity index is 1.78. The molecule has 1 fully saturated rings. The molecule has 1 N–H and O–H groups in total. The van der Waals surface area contributed by atoms with E-state index in [4.69, 9.17) is 0 Å². The summed E-state index contributed by atoms with van der Waals surface area (Å²) in [6.45, 7) is 0.794. The number of halogens is 1. The number of hydrogen-bond acceptors (Lipinski definition) is 1. The van der Waals surface area contributed by atoms with E-state index in [1.807, 2.05) is 0 Å². The minimum Gasteiger partial charge on any atom is -0.352 e. The Morgan fingerprint density at radius 2 is 2.05 bits per heavy atom. The molecular weight excluding hydrogens is 314 g/mol. The number of carbonyl (C=O) groups excluding carboxylic acids is 1. The Kier molecular flexibility index (Phi) is 4.45. The average Bonchev–Trinajstić information content (AvgIpc) is 2.89. The van der Waals surface area contributed by atoms with E-state index in [9.17, 15) is 4.79 Å². The van der Waals surface area contributed by atoms with Crippen LogP contribution in [0.2, 0.25) is 0 Å². The summed E-state index contributed by atoms with van der Waals surface area (Å²) >= 11 is 3.83. The molecule has 3 heteroatoms. The molecule has 20 heavy (non-hydrogen) atoms. The molecule has 1 unspecified atom stereocenters. The highest BCUT2D eigenvalue weighted by Gasteiger charge is 2.21. The molecule has 1 heterocycles. The quantitative estimate of drug-likeness (QED) is 0.816. The smallest absolute Gasteiger partial charge is 0.251 e. The van der Waals surface area contributed by atoms with Crippen molar-refractivity contribution in [2.45, 2.75) is 49.8 Å². The summed E-state index contributed by atoms with van der Waals surface area (Å²) in [7, 11) is 0. The highest BCUT2D eigenvalue weighted by molar-refractivity contribution is 9.09. The van der Waals surface area contributed by atoms with Crippen molar-refractivity contribution in [2.75, 3.05) is 6.54 Å². The minimum atomic E-state index is 0.0971. The summed E-state index contributed by atoms with van der Waals surface area (Å²) in [6.07, 6.45) is 8.75. The molecule has 0 bridgehead atoms. The molecule has 2 nitrogen and oxygen atoms in total. The van der Waals surface area contributed by atoms with Gasteiger partial charge in [-0.25, -0.2) is 0 Å². The van der Waals surface area contributed by atoms with Crippen LogP contribution in [0.3, 0.4) is 0 Å². The van der Waals surface area contributed by atoms with Crippen LogP contribution >= 0.6 is 15.9 Å². The maximum Gasteiger partial charge on any atom is 0.251 e. The molecule has 108 valence electrons. The Morgan fingerprint density at radius 3 is 2.85 bits per heavy atom. The Labute approximate surface area is 129 Å². The first-order valence-corrected chi connectivity index (χ1v) is 8.70. The SMILES string of the molecule is O=C1NCCCc2ccc(C(Br)CC3CCCC3)cc21. The van der Waals surface area contributed by atoms with E-state index in [2.05, 4.69) is 39.4 Å². The van der Waals surface area contributed by atoms with E-state index in [0.717, 1.165) is 30.9 Å². The van der Waals surface area contributed by atoms with Crippen molar-refractivity contribution < 1.29 is 4.79 Å². The fourth-order valence-corrected chi connectivity index (χ4v) is 4.28. The number of benzene rings is 1. The second-order valence-corrected chi connectivity index (χ2v) is 7.24. The number of rotatable bonds is 3. The monoisotopic (exact) mass is 335 g/mol. The van der Waals surface area contributed by atoms with E-state index in [-0.39, 0.29) is 5.91 Å². The van der Waals surface area contributed by atoms with Crippen LogP contribution in [0.15, 0.2) is 18.2 Å². The van der Waals surface area contributed by atoms with Gasteiger partial charge in [-0.1, -0.05) is 53.7 Å². The topological polar surface area (TPSA) is 29.1 Å². The Morgan fingerprint density at radius 1 is 1.25 bits per heavy atom. The molecule has 2 aliphatic rings. The third kappa shape index (κ3) is 3.08. The van der Waals surface area contributed by atoms with E-state index < -0.39 is 0 Å². The van der Waals surface area contributed by atoms with E-state index in [1.54, 1.807) is 0 Å². The first-order valence-electron chi connectivity index (χ1n) is 7.79. The normalized spacial score (nSPS) is 21.1. The molecule has 0 saturated heterocycles. The Hall–Kier alpha value is -0.830. The molecular formula is C17H22BrNO. The number of alkyl halides is 1. The molecule has 0 aromatic heterocycles. The molecule has 1 aliphatic carbocycles. The van der Waals surface area contributed by atoms with Crippen LogP contribution in [0.4, 0.5) is 0 Å². The third-order valence-corrected chi connectivity index (χ3v) is 5.57. The van der Waals surface area contributed by atoms with Gasteiger partial charge in [-0.2, -0.15) is 0 Å². The van der Waals surface area contributed by atoms with Crippen LogP contribution in [-0.4, -0.2) is 12.5 Å². The van der Waals surface area contributed by atoms with Gasteiger partial charge in [0.15, 0.2) is 0 Å². The van der Waals surface area contributed by atoms with Crippen LogP contribution in [0.25, 0.3) is 0 Å². The second kappa shape index (κ2) is 6.30. The van der Waals surface area contributed by atoms with Crippen LogP contribution < -0.4 is 5.32 Å². The molecule has 1 amide bonds. The molecule has 1 aromatic rings. The molecule has 1 atom stereocenters. The van der Waals surface area contributed by atoms with E-state index in [1.165, 1.54) is 43.2 Å². The molecule has 3 rings (SSSR count). The summed E-state index contributed by atoms with van der Waals surface area (Å²) in [5, 5.41) is 2.99. The van der Waals surface area contributed by atoms with Gasteiger partial charge in [0, 0.05) is 16.9 Å². The maximum absolute atomic E-state index is 12.1. The van der Waals surface area contributed by atoms with Crippen LogP contribution in [-0.2, 0) is 6.42 Å². The Bertz CT molecular complexity index is 494. The molecule has 0 radical (unpaired) electrons. The predicted octanol–water partition coefficient (Wildman–Crippen LogP) is 4.38. The summed E-state index contributed by atoms with van der Waals surface area (Å²) in [4.78, 5) is 12.5. The lowest BCUT2D eigenvalue weighted by Gasteiger charge is -2.16. The van der Waals surface area contributed by atoms with Gasteiger partial charge in [0.1, 0.15) is 0 Å². The summed E-state index contributed by atoms with van der Waals surface area (Å²) in [6, 6.07) is 6.45. The van der Waals surface area contributed by atoms with E-state index in [0.29, 0.717) is 4.83 Å². The zero-order valence-corrected chi connectivity index (χ0v) is 13.4. The molecule has 1 aliphatic heterocycles. The number of nitrogens with one attached hydrogen (secondary N) is 1. The number of fused-ring (bicyclic) bond motifs is 1. The number of hydrogen-bond donors (Lipinski definition) is 1. The van der Waals surface area contributed by atoms with Crippen molar-refractivity contribution in [3.05, 3.63) is 34.9 Å². The van der Waals surface area contributed by atoms with Gasteiger partial charge in [-0.3, -0.25) is 4.79 Å². The second-order valence-electron chi connectivity index (χ2n) is 6.13. The highest BCUT2D eigenvalue weighted by Crippen LogP contribution is 2.37. The zero-order valence-electron chi connectivity index (χ0n) is 11.8. The number of amides is 1. The van der Waals surface area contributed by atoms with E-state index >= 15 is 0 Å².